The Labute approximate surface area is 128 Å². The highest BCUT2D eigenvalue weighted by Crippen LogP contribution is 2.36. The molecule has 0 N–H and O–H groups in total. The molecule has 1 heterocycles. The predicted molar refractivity (Wildman–Crippen MR) is 85.1 cm³/mol. The molecule has 0 unspecified atom stereocenters. The molecule has 0 spiro atoms. The summed E-state index contributed by atoms with van der Waals surface area (Å²) in [6.45, 7) is 3.08. The van der Waals surface area contributed by atoms with Gasteiger partial charge in [-0.1, -0.05) is 69.4 Å². The summed E-state index contributed by atoms with van der Waals surface area (Å²) in [6.07, 6.45) is 7.19. The molecule has 1 aliphatic heterocycles. The number of methoxy groups -OCH3 is 1. The van der Waals surface area contributed by atoms with E-state index in [9.17, 15) is 4.79 Å². The summed E-state index contributed by atoms with van der Waals surface area (Å²) < 4.78 is 5.36. The molecule has 2 atom stereocenters. The average Bonchev–Trinajstić information content (AvgIpc) is 2.52. The number of benzene rings is 1. The normalized spacial score (nSPS) is 21.4. The number of unbranched alkanes of at least 4 members (excludes halogenated alkanes) is 5. The Morgan fingerprint density at radius 3 is 2.38 bits per heavy atom. The van der Waals surface area contributed by atoms with E-state index in [1.54, 1.807) is 7.11 Å². The zero-order valence-electron chi connectivity index (χ0n) is 13.3. The second kappa shape index (κ2) is 8.18. The SMILES string of the molecule is CCCCCCCCN1C(=O)[C@H](OC)[C@@H]1c1ccccc1. The Balaban J connectivity index is 1.84. The van der Waals surface area contributed by atoms with Gasteiger partial charge in [-0.3, -0.25) is 4.79 Å². The Hall–Kier alpha value is -1.35. The summed E-state index contributed by atoms with van der Waals surface area (Å²) in [5.74, 6) is 0.139. The van der Waals surface area contributed by atoms with Crippen LogP contribution in [0.5, 0.6) is 0 Å². The van der Waals surface area contributed by atoms with Crippen molar-refractivity contribution in [3.8, 4) is 0 Å². The molecular weight excluding hydrogens is 262 g/mol. The van der Waals surface area contributed by atoms with Crippen LogP contribution in [0.15, 0.2) is 30.3 Å². The predicted octanol–water partition coefficient (Wildman–Crippen LogP) is 3.95. The smallest absolute Gasteiger partial charge is 0.254 e. The molecule has 3 nitrogen and oxygen atoms in total. The van der Waals surface area contributed by atoms with Gasteiger partial charge in [-0.05, 0) is 12.0 Å². The number of hydrogen-bond acceptors (Lipinski definition) is 2. The monoisotopic (exact) mass is 289 g/mol. The number of β-lactam (4-membered cyclic amide) rings is 1. The summed E-state index contributed by atoms with van der Waals surface area (Å²) in [6, 6.07) is 10.3. The van der Waals surface area contributed by atoms with Crippen molar-refractivity contribution >= 4 is 5.91 Å². The van der Waals surface area contributed by atoms with Gasteiger partial charge in [-0.2, -0.15) is 0 Å². The zero-order chi connectivity index (χ0) is 15.1. The molecule has 0 saturated carbocycles. The minimum atomic E-state index is -0.299. The number of carbonyl (C=O) groups excluding carboxylic acids is 1. The molecular formula is C18H27NO2. The van der Waals surface area contributed by atoms with Gasteiger partial charge in [0.2, 0.25) is 0 Å². The van der Waals surface area contributed by atoms with E-state index in [0.717, 1.165) is 13.0 Å². The van der Waals surface area contributed by atoms with Gasteiger partial charge in [-0.15, -0.1) is 0 Å². The summed E-state index contributed by atoms with van der Waals surface area (Å²) in [4.78, 5) is 14.1. The van der Waals surface area contributed by atoms with E-state index >= 15 is 0 Å². The molecule has 3 heteroatoms. The summed E-state index contributed by atoms with van der Waals surface area (Å²) in [5.41, 5.74) is 1.18. The molecule has 1 aromatic carbocycles. The lowest BCUT2D eigenvalue weighted by molar-refractivity contribution is -0.171. The zero-order valence-corrected chi connectivity index (χ0v) is 13.3. The number of amides is 1. The van der Waals surface area contributed by atoms with Crippen LogP contribution in [0.25, 0.3) is 0 Å². The first kappa shape index (κ1) is 16.0. The van der Waals surface area contributed by atoms with Gasteiger partial charge >= 0.3 is 0 Å². The average molecular weight is 289 g/mol. The van der Waals surface area contributed by atoms with E-state index in [1.165, 1.54) is 37.7 Å². The third-order valence-corrected chi connectivity index (χ3v) is 4.30. The van der Waals surface area contributed by atoms with Crippen molar-refractivity contribution in [3.05, 3.63) is 35.9 Å². The van der Waals surface area contributed by atoms with Crippen LogP contribution >= 0.6 is 0 Å². The molecule has 0 aromatic heterocycles. The molecule has 1 saturated heterocycles. The van der Waals surface area contributed by atoms with Crippen LogP contribution in [-0.2, 0) is 9.53 Å². The van der Waals surface area contributed by atoms with Crippen LogP contribution < -0.4 is 0 Å². The highest BCUT2D eigenvalue weighted by atomic mass is 16.5. The quantitative estimate of drug-likeness (QED) is 0.509. The van der Waals surface area contributed by atoms with Crippen LogP contribution in [0.2, 0.25) is 0 Å². The van der Waals surface area contributed by atoms with E-state index in [-0.39, 0.29) is 18.1 Å². The molecule has 1 aromatic rings. The Morgan fingerprint density at radius 2 is 1.71 bits per heavy atom. The van der Waals surface area contributed by atoms with Gasteiger partial charge in [0.05, 0.1) is 6.04 Å². The number of hydrogen-bond donors (Lipinski definition) is 0. The van der Waals surface area contributed by atoms with Gasteiger partial charge in [-0.25, -0.2) is 0 Å². The maximum atomic E-state index is 12.1. The van der Waals surface area contributed by atoms with E-state index < -0.39 is 0 Å². The Kier molecular flexibility index (Phi) is 6.24. The molecule has 0 aliphatic carbocycles. The lowest BCUT2D eigenvalue weighted by Crippen LogP contribution is -2.59. The van der Waals surface area contributed by atoms with Gasteiger partial charge in [0, 0.05) is 13.7 Å². The number of carbonyl (C=O) groups is 1. The summed E-state index contributed by atoms with van der Waals surface area (Å²) >= 11 is 0. The topological polar surface area (TPSA) is 29.5 Å². The van der Waals surface area contributed by atoms with Crippen molar-refractivity contribution in [2.75, 3.05) is 13.7 Å². The molecule has 0 bridgehead atoms. The minimum Gasteiger partial charge on any atom is -0.369 e. The molecule has 21 heavy (non-hydrogen) atoms. The lowest BCUT2D eigenvalue weighted by Gasteiger charge is -2.46. The fraction of sp³-hybridized carbons (Fsp3) is 0.611. The fourth-order valence-corrected chi connectivity index (χ4v) is 3.06. The highest BCUT2D eigenvalue weighted by molar-refractivity contribution is 5.88. The molecule has 1 fully saturated rings. The summed E-state index contributed by atoms with van der Waals surface area (Å²) in [7, 11) is 1.63. The van der Waals surface area contributed by atoms with Gasteiger partial charge in [0.25, 0.3) is 5.91 Å². The van der Waals surface area contributed by atoms with E-state index in [4.69, 9.17) is 4.74 Å². The maximum absolute atomic E-state index is 12.1. The first-order chi connectivity index (χ1) is 10.3. The van der Waals surface area contributed by atoms with Crippen molar-refractivity contribution in [2.45, 2.75) is 57.6 Å². The van der Waals surface area contributed by atoms with Crippen LogP contribution in [0.4, 0.5) is 0 Å². The second-order valence-corrected chi connectivity index (χ2v) is 5.81. The second-order valence-electron chi connectivity index (χ2n) is 5.81. The van der Waals surface area contributed by atoms with Crippen LogP contribution in [0.1, 0.15) is 57.1 Å². The van der Waals surface area contributed by atoms with E-state index in [0.29, 0.717) is 0 Å². The van der Waals surface area contributed by atoms with Gasteiger partial charge in [0.1, 0.15) is 0 Å². The van der Waals surface area contributed by atoms with Crippen LogP contribution in [0, 0.1) is 0 Å². The Bertz CT molecular complexity index is 432. The number of ether oxygens (including phenoxy) is 1. The third kappa shape index (κ3) is 3.85. The van der Waals surface area contributed by atoms with E-state index in [2.05, 4.69) is 19.1 Å². The van der Waals surface area contributed by atoms with Crippen LogP contribution in [-0.4, -0.2) is 30.6 Å². The van der Waals surface area contributed by atoms with Crippen molar-refractivity contribution in [3.63, 3.8) is 0 Å². The van der Waals surface area contributed by atoms with Gasteiger partial charge in [0.15, 0.2) is 6.10 Å². The Morgan fingerprint density at radius 1 is 1.05 bits per heavy atom. The fourth-order valence-electron chi connectivity index (χ4n) is 3.06. The standard InChI is InChI=1S/C18H27NO2/c1-3-4-5-6-7-11-14-19-16(17(21-2)18(19)20)15-12-9-8-10-13-15/h8-10,12-13,16-17H,3-7,11,14H2,1-2H3/t16-,17+/m0/s1. The lowest BCUT2D eigenvalue weighted by atomic mass is 9.90. The third-order valence-electron chi connectivity index (χ3n) is 4.30. The summed E-state index contributed by atoms with van der Waals surface area (Å²) in [5, 5.41) is 0. The van der Waals surface area contributed by atoms with Crippen LogP contribution in [0.3, 0.4) is 0 Å². The van der Waals surface area contributed by atoms with Crippen molar-refractivity contribution < 1.29 is 9.53 Å². The number of likely N-dealkylation sites (tertiary alicyclic amines) is 1. The number of rotatable bonds is 9. The molecule has 2 rings (SSSR count). The first-order valence-electron chi connectivity index (χ1n) is 8.17. The van der Waals surface area contributed by atoms with Crippen molar-refractivity contribution in [1.82, 2.24) is 4.90 Å². The molecule has 0 radical (unpaired) electrons. The molecule has 1 amide bonds. The van der Waals surface area contributed by atoms with E-state index in [1.807, 2.05) is 23.1 Å². The minimum absolute atomic E-state index is 0.0966. The highest BCUT2D eigenvalue weighted by Gasteiger charge is 2.47. The number of nitrogens with zero attached hydrogens (tertiary/aromatic N) is 1. The maximum Gasteiger partial charge on any atom is 0.254 e. The molecule has 116 valence electrons. The largest absolute Gasteiger partial charge is 0.369 e. The first-order valence-corrected chi connectivity index (χ1v) is 8.17. The van der Waals surface area contributed by atoms with Gasteiger partial charge < -0.3 is 9.64 Å². The van der Waals surface area contributed by atoms with Crippen molar-refractivity contribution in [2.24, 2.45) is 0 Å². The van der Waals surface area contributed by atoms with Crippen molar-refractivity contribution in [1.29, 1.82) is 0 Å². The molecule has 1 aliphatic rings.